The van der Waals surface area contributed by atoms with Gasteiger partial charge in [-0.05, 0) is 43.1 Å². The molecule has 0 heterocycles. The zero-order valence-corrected chi connectivity index (χ0v) is 13.7. The standard InChI is InChI=1S/C17H18BrF2N/c1-3-11-4-6-12(7-5-11)8-16(21-2)17-14(19)9-13(18)10-15(17)20/h4-7,9-10,16,21H,3,8H2,1-2H3. The molecule has 0 amide bonds. The zero-order valence-electron chi connectivity index (χ0n) is 12.1. The second-order valence-electron chi connectivity index (χ2n) is 5.00. The van der Waals surface area contributed by atoms with Crippen LogP contribution >= 0.6 is 15.9 Å². The third-order valence-electron chi connectivity index (χ3n) is 3.61. The smallest absolute Gasteiger partial charge is 0.132 e. The summed E-state index contributed by atoms with van der Waals surface area (Å²) in [6, 6.07) is 10.3. The summed E-state index contributed by atoms with van der Waals surface area (Å²) in [4.78, 5) is 0. The number of hydrogen-bond acceptors (Lipinski definition) is 1. The first-order valence-electron chi connectivity index (χ1n) is 6.94. The molecule has 2 rings (SSSR count). The van der Waals surface area contributed by atoms with Gasteiger partial charge >= 0.3 is 0 Å². The van der Waals surface area contributed by atoms with Gasteiger partial charge in [0.05, 0.1) is 0 Å². The van der Waals surface area contributed by atoms with Crippen LogP contribution in [0.4, 0.5) is 8.78 Å². The van der Waals surface area contributed by atoms with Gasteiger partial charge in [-0.15, -0.1) is 0 Å². The molecule has 0 aromatic heterocycles. The van der Waals surface area contributed by atoms with Crippen molar-refractivity contribution in [1.82, 2.24) is 5.32 Å². The average Bonchev–Trinajstić information content (AvgIpc) is 2.45. The Morgan fingerprint density at radius 3 is 2.05 bits per heavy atom. The van der Waals surface area contributed by atoms with E-state index >= 15 is 0 Å². The summed E-state index contributed by atoms with van der Waals surface area (Å²) in [6.07, 6.45) is 1.52. The molecular formula is C17H18BrF2N. The predicted octanol–water partition coefficient (Wildman–Crippen LogP) is 4.79. The summed E-state index contributed by atoms with van der Waals surface area (Å²) in [6.45, 7) is 2.10. The van der Waals surface area contributed by atoms with E-state index in [1.54, 1.807) is 7.05 Å². The Balaban J connectivity index is 2.27. The van der Waals surface area contributed by atoms with Gasteiger partial charge in [-0.3, -0.25) is 0 Å². The molecule has 1 nitrogen and oxygen atoms in total. The topological polar surface area (TPSA) is 12.0 Å². The number of halogens is 3. The maximum Gasteiger partial charge on any atom is 0.132 e. The van der Waals surface area contributed by atoms with Crippen molar-refractivity contribution in [1.29, 1.82) is 0 Å². The lowest BCUT2D eigenvalue weighted by Gasteiger charge is -2.18. The number of nitrogens with one attached hydrogen (secondary N) is 1. The molecule has 1 atom stereocenters. The molecule has 0 spiro atoms. The third kappa shape index (κ3) is 3.89. The van der Waals surface area contributed by atoms with Crippen LogP contribution in [0.5, 0.6) is 0 Å². The molecule has 0 saturated carbocycles. The van der Waals surface area contributed by atoms with Crippen LogP contribution < -0.4 is 5.32 Å². The van der Waals surface area contributed by atoms with Gasteiger partial charge in [0.15, 0.2) is 0 Å². The van der Waals surface area contributed by atoms with Gasteiger partial charge in [-0.25, -0.2) is 8.78 Å². The normalized spacial score (nSPS) is 12.4. The van der Waals surface area contributed by atoms with E-state index in [-0.39, 0.29) is 5.56 Å². The van der Waals surface area contributed by atoms with E-state index in [0.29, 0.717) is 10.9 Å². The summed E-state index contributed by atoms with van der Waals surface area (Å²) >= 11 is 3.10. The highest BCUT2D eigenvalue weighted by molar-refractivity contribution is 9.10. The predicted molar refractivity (Wildman–Crippen MR) is 85.4 cm³/mol. The molecule has 0 bridgehead atoms. The van der Waals surface area contributed by atoms with Gasteiger partial charge < -0.3 is 5.32 Å². The Kier molecular flexibility index (Phi) is 5.48. The summed E-state index contributed by atoms with van der Waals surface area (Å²) in [5.41, 5.74) is 2.38. The van der Waals surface area contributed by atoms with Crippen LogP contribution in [0.3, 0.4) is 0 Å². The molecule has 21 heavy (non-hydrogen) atoms. The van der Waals surface area contributed by atoms with Crippen LogP contribution in [-0.2, 0) is 12.8 Å². The largest absolute Gasteiger partial charge is 0.313 e. The molecule has 0 saturated heterocycles. The molecule has 112 valence electrons. The van der Waals surface area contributed by atoms with E-state index in [4.69, 9.17) is 0 Å². The lowest BCUT2D eigenvalue weighted by Crippen LogP contribution is -2.21. The summed E-state index contributed by atoms with van der Waals surface area (Å²) < 4.78 is 28.5. The first-order valence-corrected chi connectivity index (χ1v) is 7.74. The molecule has 0 radical (unpaired) electrons. The minimum atomic E-state index is -0.536. The fourth-order valence-electron chi connectivity index (χ4n) is 2.38. The van der Waals surface area contributed by atoms with E-state index in [9.17, 15) is 8.78 Å². The molecule has 1 N–H and O–H groups in total. The number of aryl methyl sites for hydroxylation is 1. The lowest BCUT2D eigenvalue weighted by atomic mass is 9.97. The molecule has 4 heteroatoms. The van der Waals surface area contributed by atoms with Crippen LogP contribution in [0, 0.1) is 11.6 Å². The quantitative estimate of drug-likeness (QED) is 0.814. The van der Waals surface area contributed by atoms with E-state index in [0.717, 1.165) is 12.0 Å². The summed E-state index contributed by atoms with van der Waals surface area (Å²) in [5.74, 6) is -1.07. The van der Waals surface area contributed by atoms with Gasteiger partial charge in [0, 0.05) is 16.1 Å². The maximum atomic E-state index is 14.1. The van der Waals surface area contributed by atoms with Crippen molar-refractivity contribution in [3.05, 3.63) is 69.2 Å². The molecule has 0 aliphatic heterocycles. The molecular weight excluding hydrogens is 336 g/mol. The number of likely N-dealkylation sites (N-methyl/N-ethyl adjacent to an activating group) is 1. The van der Waals surface area contributed by atoms with Crippen LogP contribution in [-0.4, -0.2) is 7.05 Å². The van der Waals surface area contributed by atoms with Gasteiger partial charge in [0.2, 0.25) is 0 Å². The van der Waals surface area contributed by atoms with Gasteiger partial charge in [0.25, 0.3) is 0 Å². The minimum Gasteiger partial charge on any atom is -0.313 e. The van der Waals surface area contributed by atoms with E-state index in [1.807, 2.05) is 12.1 Å². The van der Waals surface area contributed by atoms with Crippen molar-refractivity contribution < 1.29 is 8.78 Å². The third-order valence-corrected chi connectivity index (χ3v) is 4.07. The highest BCUT2D eigenvalue weighted by Crippen LogP contribution is 2.27. The molecule has 1 unspecified atom stereocenters. The summed E-state index contributed by atoms with van der Waals surface area (Å²) in [5, 5.41) is 3.00. The highest BCUT2D eigenvalue weighted by Gasteiger charge is 2.20. The van der Waals surface area contributed by atoms with Crippen molar-refractivity contribution in [2.45, 2.75) is 25.8 Å². The van der Waals surface area contributed by atoms with E-state index in [2.05, 4.69) is 40.3 Å². The molecule has 0 fully saturated rings. The average molecular weight is 354 g/mol. The van der Waals surface area contributed by atoms with Crippen molar-refractivity contribution in [2.75, 3.05) is 7.05 Å². The maximum absolute atomic E-state index is 14.1. The van der Waals surface area contributed by atoms with E-state index < -0.39 is 17.7 Å². The first-order chi connectivity index (χ1) is 10.0. The molecule has 2 aromatic rings. The zero-order chi connectivity index (χ0) is 15.4. The molecule has 0 aliphatic carbocycles. The van der Waals surface area contributed by atoms with Crippen molar-refractivity contribution >= 4 is 15.9 Å². The number of benzene rings is 2. The Bertz CT molecular complexity index is 588. The van der Waals surface area contributed by atoms with Crippen LogP contribution in [0.2, 0.25) is 0 Å². The minimum absolute atomic E-state index is 0.0836. The highest BCUT2D eigenvalue weighted by atomic mass is 79.9. The fourth-order valence-corrected chi connectivity index (χ4v) is 2.78. The van der Waals surface area contributed by atoms with Crippen molar-refractivity contribution in [2.24, 2.45) is 0 Å². The van der Waals surface area contributed by atoms with Crippen LogP contribution in [0.25, 0.3) is 0 Å². The second-order valence-corrected chi connectivity index (χ2v) is 5.91. The number of rotatable bonds is 5. The van der Waals surface area contributed by atoms with Gasteiger partial charge in [0.1, 0.15) is 11.6 Å². The number of hydrogen-bond donors (Lipinski definition) is 1. The monoisotopic (exact) mass is 353 g/mol. The summed E-state index contributed by atoms with van der Waals surface area (Å²) in [7, 11) is 1.71. The van der Waals surface area contributed by atoms with Crippen molar-refractivity contribution in [3.8, 4) is 0 Å². The first kappa shape index (κ1) is 16.1. The van der Waals surface area contributed by atoms with Gasteiger partial charge in [-0.1, -0.05) is 47.1 Å². The Morgan fingerprint density at radius 1 is 1.05 bits per heavy atom. The van der Waals surface area contributed by atoms with Crippen LogP contribution in [0.1, 0.15) is 29.7 Å². The van der Waals surface area contributed by atoms with E-state index in [1.165, 1.54) is 17.7 Å². The van der Waals surface area contributed by atoms with Gasteiger partial charge in [-0.2, -0.15) is 0 Å². The lowest BCUT2D eigenvalue weighted by molar-refractivity contribution is 0.488. The Morgan fingerprint density at radius 2 is 1.57 bits per heavy atom. The molecule has 0 aliphatic rings. The second kappa shape index (κ2) is 7.14. The van der Waals surface area contributed by atoms with Crippen LogP contribution in [0.15, 0.2) is 40.9 Å². The SMILES string of the molecule is CCc1ccc(CC(NC)c2c(F)cc(Br)cc2F)cc1. The Hall–Kier alpha value is -1.26. The molecule has 2 aromatic carbocycles. The van der Waals surface area contributed by atoms with Crippen molar-refractivity contribution in [3.63, 3.8) is 0 Å². The fraction of sp³-hybridized carbons (Fsp3) is 0.294. The Labute approximate surface area is 132 Å².